The van der Waals surface area contributed by atoms with Crippen molar-refractivity contribution in [2.24, 2.45) is 0 Å². The quantitative estimate of drug-likeness (QED) is 0.837. The van der Waals surface area contributed by atoms with Crippen LogP contribution in [0.5, 0.6) is 0 Å². The molecule has 0 bridgehead atoms. The summed E-state index contributed by atoms with van der Waals surface area (Å²) in [5, 5.41) is 13.8. The predicted octanol–water partition coefficient (Wildman–Crippen LogP) is 4.17. The Morgan fingerprint density at radius 1 is 1.04 bits per heavy atom. The lowest BCUT2D eigenvalue weighted by atomic mass is 9.85. The summed E-state index contributed by atoms with van der Waals surface area (Å²) < 4.78 is 0. The smallest absolute Gasteiger partial charge is 0.125 e. The molecule has 122 valence electrons. The Morgan fingerprint density at radius 3 is 2.65 bits per heavy atom. The van der Waals surface area contributed by atoms with Crippen LogP contribution in [-0.2, 0) is 12.0 Å². The second kappa shape index (κ2) is 6.39. The highest BCUT2D eigenvalue weighted by molar-refractivity contribution is 7.10. The van der Waals surface area contributed by atoms with Crippen LogP contribution < -0.4 is 0 Å². The number of thiophene rings is 1. The van der Waals surface area contributed by atoms with Gasteiger partial charge in [0.2, 0.25) is 0 Å². The lowest BCUT2D eigenvalue weighted by molar-refractivity contribution is 0.0322. The summed E-state index contributed by atoms with van der Waals surface area (Å²) >= 11 is 1.68. The van der Waals surface area contributed by atoms with Crippen LogP contribution in [0.3, 0.4) is 0 Å². The van der Waals surface area contributed by atoms with Gasteiger partial charge in [0.05, 0.1) is 0 Å². The van der Waals surface area contributed by atoms with Crippen molar-refractivity contribution in [3.05, 3.63) is 57.8 Å². The molecule has 4 rings (SSSR count). The second-order valence-corrected chi connectivity index (χ2v) is 7.94. The van der Waals surface area contributed by atoms with Crippen molar-refractivity contribution in [3.8, 4) is 0 Å². The molecule has 1 aromatic heterocycles. The Hall–Kier alpha value is -1.16. The molecule has 2 atom stereocenters. The largest absolute Gasteiger partial charge is 0.379 e. The summed E-state index contributed by atoms with van der Waals surface area (Å²) in [6.45, 7) is 2.39. The number of aliphatic hydroxyl groups is 1. The van der Waals surface area contributed by atoms with E-state index < -0.39 is 5.60 Å². The Balaban J connectivity index is 1.73. The van der Waals surface area contributed by atoms with Crippen LogP contribution >= 0.6 is 11.3 Å². The zero-order valence-electron chi connectivity index (χ0n) is 13.6. The molecule has 0 unspecified atom stereocenters. The highest BCUT2D eigenvalue weighted by atomic mass is 32.1. The SMILES string of the molecule is O[C@@]1(c2cccs2)C[C@@H](N2CCCCC2)CCc2ccccc21. The molecule has 2 heterocycles. The fourth-order valence-corrected chi connectivity index (χ4v) is 5.21. The molecule has 0 radical (unpaired) electrons. The summed E-state index contributed by atoms with van der Waals surface area (Å²) in [5.41, 5.74) is 1.62. The standard InChI is InChI=1S/C20H25NOS/c22-20(19-9-6-14-23-19)15-17(21-12-4-1-5-13-21)11-10-16-7-2-3-8-18(16)20/h2-3,6-9,14,17,22H,1,4-5,10-13,15H2/t17-,20-/m0/s1. The summed E-state index contributed by atoms with van der Waals surface area (Å²) in [5.74, 6) is 0. The van der Waals surface area contributed by atoms with Gasteiger partial charge in [0.25, 0.3) is 0 Å². The van der Waals surface area contributed by atoms with Gasteiger partial charge >= 0.3 is 0 Å². The van der Waals surface area contributed by atoms with Crippen LogP contribution in [0, 0.1) is 0 Å². The third kappa shape index (κ3) is 2.86. The molecule has 2 aromatic rings. The molecule has 2 aliphatic rings. The number of aryl methyl sites for hydroxylation is 1. The van der Waals surface area contributed by atoms with Crippen molar-refractivity contribution in [2.75, 3.05) is 13.1 Å². The number of fused-ring (bicyclic) bond motifs is 1. The third-order valence-corrected chi connectivity index (χ3v) is 6.60. The van der Waals surface area contributed by atoms with Crippen molar-refractivity contribution >= 4 is 11.3 Å². The number of hydrogen-bond donors (Lipinski definition) is 1. The second-order valence-electron chi connectivity index (χ2n) is 6.99. The van der Waals surface area contributed by atoms with Gasteiger partial charge in [-0.3, -0.25) is 0 Å². The van der Waals surface area contributed by atoms with E-state index in [2.05, 4.69) is 46.7 Å². The van der Waals surface area contributed by atoms with Gasteiger partial charge in [-0.05, 0) is 61.3 Å². The first-order valence-corrected chi connectivity index (χ1v) is 9.74. The Kier molecular flexibility index (Phi) is 4.27. The Morgan fingerprint density at radius 2 is 1.87 bits per heavy atom. The van der Waals surface area contributed by atoms with Crippen LogP contribution in [-0.4, -0.2) is 29.1 Å². The van der Waals surface area contributed by atoms with Gasteiger partial charge in [-0.15, -0.1) is 11.3 Å². The molecule has 1 saturated heterocycles. The third-order valence-electron chi connectivity index (χ3n) is 5.58. The highest BCUT2D eigenvalue weighted by Crippen LogP contribution is 2.42. The van der Waals surface area contributed by atoms with Gasteiger partial charge in [0.15, 0.2) is 0 Å². The van der Waals surface area contributed by atoms with E-state index in [1.54, 1.807) is 11.3 Å². The number of piperidine rings is 1. The van der Waals surface area contributed by atoms with Gasteiger partial charge in [-0.25, -0.2) is 0 Å². The average molecular weight is 327 g/mol. The molecule has 0 spiro atoms. The van der Waals surface area contributed by atoms with Gasteiger partial charge in [-0.2, -0.15) is 0 Å². The molecule has 1 fully saturated rings. The molecule has 0 saturated carbocycles. The first kappa shape index (κ1) is 15.4. The van der Waals surface area contributed by atoms with Crippen molar-refractivity contribution in [1.29, 1.82) is 0 Å². The molecule has 2 nitrogen and oxygen atoms in total. The van der Waals surface area contributed by atoms with E-state index in [9.17, 15) is 5.11 Å². The zero-order valence-corrected chi connectivity index (χ0v) is 14.4. The van der Waals surface area contributed by atoms with E-state index in [4.69, 9.17) is 0 Å². The maximum Gasteiger partial charge on any atom is 0.125 e. The first-order chi connectivity index (χ1) is 11.3. The van der Waals surface area contributed by atoms with Crippen molar-refractivity contribution in [1.82, 2.24) is 4.90 Å². The molecule has 23 heavy (non-hydrogen) atoms. The predicted molar refractivity (Wildman–Crippen MR) is 95.9 cm³/mol. The fraction of sp³-hybridized carbons (Fsp3) is 0.500. The van der Waals surface area contributed by atoms with Crippen molar-refractivity contribution in [3.63, 3.8) is 0 Å². The molecular formula is C20H25NOS. The minimum Gasteiger partial charge on any atom is -0.379 e. The van der Waals surface area contributed by atoms with Crippen LogP contribution in [0.4, 0.5) is 0 Å². The summed E-state index contributed by atoms with van der Waals surface area (Å²) in [6, 6.07) is 13.1. The van der Waals surface area contributed by atoms with Crippen molar-refractivity contribution in [2.45, 2.75) is 50.2 Å². The van der Waals surface area contributed by atoms with E-state index in [1.165, 1.54) is 37.9 Å². The van der Waals surface area contributed by atoms with E-state index in [1.807, 2.05) is 0 Å². The molecular weight excluding hydrogens is 302 g/mol. The van der Waals surface area contributed by atoms with E-state index in [-0.39, 0.29) is 0 Å². The number of benzene rings is 1. The van der Waals surface area contributed by atoms with E-state index in [0.29, 0.717) is 6.04 Å². The first-order valence-electron chi connectivity index (χ1n) is 8.86. The van der Waals surface area contributed by atoms with Crippen LogP contribution in [0.15, 0.2) is 41.8 Å². The molecule has 3 heteroatoms. The summed E-state index contributed by atoms with van der Waals surface area (Å²) in [4.78, 5) is 3.72. The number of rotatable bonds is 2. The maximum atomic E-state index is 11.7. The number of nitrogens with zero attached hydrogens (tertiary/aromatic N) is 1. The molecule has 0 amide bonds. The van der Waals surface area contributed by atoms with Gasteiger partial charge < -0.3 is 10.0 Å². The number of hydrogen-bond acceptors (Lipinski definition) is 3. The van der Waals surface area contributed by atoms with Gasteiger partial charge in [-0.1, -0.05) is 36.8 Å². The van der Waals surface area contributed by atoms with E-state index in [0.717, 1.165) is 29.7 Å². The lowest BCUT2D eigenvalue weighted by Crippen LogP contribution is -2.43. The topological polar surface area (TPSA) is 23.5 Å². The zero-order chi connectivity index (χ0) is 15.7. The Labute approximate surface area is 142 Å². The van der Waals surface area contributed by atoms with Crippen molar-refractivity contribution < 1.29 is 5.11 Å². The monoisotopic (exact) mass is 327 g/mol. The average Bonchev–Trinajstić information content (AvgIpc) is 3.10. The van der Waals surface area contributed by atoms with E-state index >= 15 is 0 Å². The van der Waals surface area contributed by atoms with Gasteiger partial charge in [0.1, 0.15) is 5.60 Å². The summed E-state index contributed by atoms with van der Waals surface area (Å²) in [7, 11) is 0. The van der Waals surface area contributed by atoms with Gasteiger partial charge in [0, 0.05) is 17.3 Å². The molecule has 1 aliphatic carbocycles. The lowest BCUT2D eigenvalue weighted by Gasteiger charge is -2.38. The molecule has 1 N–H and O–H groups in total. The highest BCUT2D eigenvalue weighted by Gasteiger charge is 2.40. The fourth-order valence-electron chi connectivity index (χ4n) is 4.36. The maximum absolute atomic E-state index is 11.7. The molecule has 1 aromatic carbocycles. The van der Waals surface area contributed by atoms with Crippen LogP contribution in [0.1, 0.15) is 48.1 Å². The Bertz CT molecular complexity index is 647. The minimum absolute atomic E-state index is 0.481. The number of likely N-dealkylation sites (tertiary alicyclic amines) is 1. The van der Waals surface area contributed by atoms with Crippen LogP contribution in [0.25, 0.3) is 0 Å². The normalized spacial score (nSPS) is 29.0. The van der Waals surface area contributed by atoms with Crippen LogP contribution in [0.2, 0.25) is 0 Å². The minimum atomic E-state index is -0.830. The summed E-state index contributed by atoms with van der Waals surface area (Å²) in [6.07, 6.45) is 7.03. The molecule has 1 aliphatic heterocycles.